The summed E-state index contributed by atoms with van der Waals surface area (Å²) < 4.78 is 11.8. The summed E-state index contributed by atoms with van der Waals surface area (Å²) in [7, 11) is 1.59. The number of nitrogens with one attached hydrogen (secondary N) is 1. The van der Waals surface area contributed by atoms with Gasteiger partial charge in [0, 0.05) is 31.2 Å². The summed E-state index contributed by atoms with van der Waals surface area (Å²) in [5, 5.41) is 3.34. The highest BCUT2D eigenvalue weighted by Gasteiger charge is 2.23. The van der Waals surface area contributed by atoms with Gasteiger partial charge in [0.05, 0.1) is 18.2 Å². The van der Waals surface area contributed by atoms with Crippen LogP contribution in [-0.2, 0) is 0 Å². The van der Waals surface area contributed by atoms with Gasteiger partial charge in [0.2, 0.25) is 0 Å². The maximum Gasteiger partial charge on any atom is 0.254 e. The third kappa shape index (κ3) is 3.93. The number of piperazine rings is 1. The molecule has 5 nitrogen and oxygen atoms in total. The third-order valence-corrected chi connectivity index (χ3v) is 4.17. The SMILES string of the molecule is CCCOc1c(Br)cc(C(=O)N2CCN[C@H](C)C2)cc1OC. The minimum Gasteiger partial charge on any atom is -0.493 e. The Labute approximate surface area is 140 Å². The van der Waals surface area contributed by atoms with Crippen molar-refractivity contribution in [2.24, 2.45) is 0 Å². The number of hydrogen-bond acceptors (Lipinski definition) is 4. The number of carbonyl (C=O) groups is 1. The van der Waals surface area contributed by atoms with Crippen LogP contribution in [0, 0.1) is 0 Å². The molecule has 0 radical (unpaired) electrons. The Bertz CT molecular complexity index is 536. The van der Waals surface area contributed by atoms with Crippen molar-refractivity contribution in [3.05, 3.63) is 22.2 Å². The lowest BCUT2D eigenvalue weighted by molar-refractivity contribution is 0.0708. The molecule has 1 fully saturated rings. The largest absolute Gasteiger partial charge is 0.493 e. The highest BCUT2D eigenvalue weighted by molar-refractivity contribution is 9.10. The van der Waals surface area contributed by atoms with Gasteiger partial charge in [-0.1, -0.05) is 6.92 Å². The highest BCUT2D eigenvalue weighted by atomic mass is 79.9. The number of rotatable bonds is 5. The maximum absolute atomic E-state index is 12.7. The second-order valence-electron chi connectivity index (χ2n) is 5.44. The van der Waals surface area contributed by atoms with Crippen molar-refractivity contribution >= 4 is 21.8 Å². The Kier molecular flexibility index (Phi) is 6.08. The van der Waals surface area contributed by atoms with E-state index in [4.69, 9.17) is 9.47 Å². The third-order valence-electron chi connectivity index (χ3n) is 3.58. The fourth-order valence-electron chi connectivity index (χ4n) is 2.49. The number of carbonyl (C=O) groups excluding carboxylic acids is 1. The van der Waals surface area contributed by atoms with Crippen LogP contribution in [0.2, 0.25) is 0 Å². The zero-order valence-electron chi connectivity index (χ0n) is 13.3. The van der Waals surface area contributed by atoms with E-state index < -0.39 is 0 Å². The van der Waals surface area contributed by atoms with Crippen molar-refractivity contribution in [3.8, 4) is 11.5 Å². The van der Waals surface area contributed by atoms with Gasteiger partial charge in [-0.2, -0.15) is 0 Å². The van der Waals surface area contributed by atoms with Crippen LogP contribution in [0.1, 0.15) is 30.6 Å². The molecule has 0 saturated carbocycles. The summed E-state index contributed by atoms with van der Waals surface area (Å²) in [4.78, 5) is 14.5. The van der Waals surface area contributed by atoms with Gasteiger partial charge < -0.3 is 19.7 Å². The standard InChI is InChI=1S/C16H23BrN2O3/c1-4-7-22-15-13(17)8-12(9-14(15)21-3)16(20)19-6-5-18-11(2)10-19/h8-9,11,18H,4-7,10H2,1-3H3/t11-/m1/s1. The average molecular weight is 371 g/mol. The molecule has 0 spiro atoms. The minimum absolute atomic E-state index is 0.0226. The Balaban J connectivity index is 2.24. The van der Waals surface area contributed by atoms with Crippen molar-refractivity contribution in [2.45, 2.75) is 26.3 Å². The fraction of sp³-hybridized carbons (Fsp3) is 0.562. The number of benzene rings is 1. The summed E-state index contributed by atoms with van der Waals surface area (Å²) in [6.45, 7) is 6.99. The fourth-order valence-corrected chi connectivity index (χ4v) is 3.04. The molecular weight excluding hydrogens is 348 g/mol. The van der Waals surface area contributed by atoms with Gasteiger partial charge in [0.1, 0.15) is 0 Å². The predicted octanol–water partition coefficient (Wildman–Crippen LogP) is 2.68. The van der Waals surface area contributed by atoms with Crippen molar-refractivity contribution in [2.75, 3.05) is 33.4 Å². The Morgan fingerprint density at radius 2 is 2.27 bits per heavy atom. The lowest BCUT2D eigenvalue weighted by Gasteiger charge is -2.32. The van der Waals surface area contributed by atoms with Gasteiger partial charge >= 0.3 is 0 Å². The lowest BCUT2D eigenvalue weighted by Crippen LogP contribution is -2.51. The van der Waals surface area contributed by atoms with Gasteiger partial charge in [0.15, 0.2) is 11.5 Å². The summed E-state index contributed by atoms with van der Waals surface area (Å²) in [5.74, 6) is 1.25. The van der Waals surface area contributed by atoms with Crippen molar-refractivity contribution < 1.29 is 14.3 Å². The van der Waals surface area contributed by atoms with Gasteiger partial charge in [-0.05, 0) is 41.4 Å². The first-order valence-corrected chi connectivity index (χ1v) is 8.39. The van der Waals surface area contributed by atoms with Crippen LogP contribution in [-0.4, -0.2) is 50.2 Å². The van der Waals surface area contributed by atoms with Gasteiger partial charge in [-0.25, -0.2) is 0 Å². The highest BCUT2D eigenvalue weighted by Crippen LogP contribution is 2.37. The summed E-state index contributed by atoms with van der Waals surface area (Å²) in [6, 6.07) is 3.88. The van der Waals surface area contributed by atoms with Crippen LogP contribution in [0.15, 0.2) is 16.6 Å². The second-order valence-corrected chi connectivity index (χ2v) is 6.30. The van der Waals surface area contributed by atoms with E-state index in [-0.39, 0.29) is 5.91 Å². The predicted molar refractivity (Wildman–Crippen MR) is 89.8 cm³/mol. The van der Waals surface area contributed by atoms with E-state index in [1.165, 1.54) is 0 Å². The van der Waals surface area contributed by atoms with E-state index in [0.29, 0.717) is 36.3 Å². The van der Waals surface area contributed by atoms with Crippen molar-refractivity contribution in [1.29, 1.82) is 0 Å². The Morgan fingerprint density at radius 3 is 2.91 bits per heavy atom. The number of ether oxygens (including phenoxy) is 2. The molecule has 1 aliphatic heterocycles. The van der Waals surface area contributed by atoms with Gasteiger partial charge in [-0.15, -0.1) is 0 Å². The van der Waals surface area contributed by atoms with Crippen molar-refractivity contribution in [3.63, 3.8) is 0 Å². The zero-order valence-corrected chi connectivity index (χ0v) is 14.9. The van der Waals surface area contributed by atoms with Crippen LogP contribution in [0.25, 0.3) is 0 Å². The van der Waals surface area contributed by atoms with E-state index in [0.717, 1.165) is 24.0 Å². The molecule has 1 N–H and O–H groups in total. The van der Waals surface area contributed by atoms with Crippen LogP contribution in [0.5, 0.6) is 11.5 Å². The van der Waals surface area contributed by atoms with Gasteiger partial charge in [0.25, 0.3) is 5.91 Å². The quantitative estimate of drug-likeness (QED) is 0.865. The summed E-state index contributed by atoms with van der Waals surface area (Å²) in [5.41, 5.74) is 0.613. The second kappa shape index (κ2) is 7.83. The molecule has 0 bridgehead atoms. The molecule has 1 saturated heterocycles. The first-order valence-electron chi connectivity index (χ1n) is 7.59. The normalized spacial score (nSPS) is 18.2. The lowest BCUT2D eigenvalue weighted by atomic mass is 10.1. The molecule has 1 aromatic rings. The first-order chi connectivity index (χ1) is 10.6. The number of halogens is 1. The molecule has 122 valence electrons. The van der Waals surface area contributed by atoms with E-state index in [1.54, 1.807) is 13.2 Å². The number of nitrogens with zero attached hydrogens (tertiary/aromatic N) is 1. The van der Waals surface area contributed by atoms with E-state index >= 15 is 0 Å². The summed E-state index contributed by atoms with van der Waals surface area (Å²) in [6.07, 6.45) is 0.912. The molecule has 2 rings (SSSR count). The smallest absolute Gasteiger partial charge is 0.254 e. The van der Waals surface area contributed by atoms with Crippen LogP contribution < -0.4 is 14.8 Å². The van der Waals surface area contributed by atoms with E-state index in [1.807, 2.05) is 17.9 Å². The first kappa shape index (κ1) is 17.1. The molecule has 0 unspecified atom stereocenters. The van der Waals surface area contributed by atoms with Crippen molar-refractivity contribution in [1.82, 2.24) is 10.2 Å². The molecular formula is C16H23BrN2O3. The number of methoxy groups -OCH3 is 1. The minimum atomic E-state index is 0.0226. The topological polar surface area (TPSA) is 50.8 Å². The molecule has 1 atom stereocenters. The molecule has 1 aliphatic rings. The Morgan fingerprint density at radius 1 is 1.50 bits per heavy atom. The number of amides is 1. The molecule has 22 heavy (non-hydrogen) atoms. The molecule has 1 amide bonds. The van der Waals surface area contributed by atoms with E-state index in [2.05, 4.69) is 28.2 Å². The zero-order chi connectivity index (χ0) is 16.1. The summed E-state index contributed by atoms with van der Waals surface area (Å²) >= 11 is 3.49. The van der Waals surface area contributed by atoms with Crippen LogP contribution >= 0.6 is 15.9 Å². The molecule has 1 aromatic carbocycles. The molecule has 0 aliphatic carbocycles. The monoisotopic (exact) mass is 370 g/mol. The van der Waals surface area contributed by atoms with Crippen LogP contribution in [0.4, 0.5) is 0 Å². The number of hydrogen-bond donors (Lipinski definition) is 1. The maximum atomic E-state index is 12.7. The molecule has 0 aromatic heterocycles. The molecule has 1 heterocycles. The average Bonchev–Trinajstić information content (AvgIpc) is 2.52. The van der Waals surface area contributed by atoms with Crippen LogP contribution in [0.3, 0.4) is 0 Å². The van der Waals surface area contributed by atoms with E-state index in [9.17, 15) is 4.79 Å². The molecule has 6 heteroatoms. The van der Waals surface area contributed by atoms with Gasteiger partial charge in [-0.3, -0.25) is 4.79 Å². The Hall–Kier alpha value is -1.27.